The van der Waals surface area contributed by atoms with Crippen molar-refractivity contribution in [2.24, 2.45) is 5.41 Å². The van der Waals surface area contributed by atoms with Crippen LogP contribution in [-0.2, 0) is 0 Å². The number of aryl methyl sites for hydroxylation is 1. The molecule has 4 nitrogen and oxygen atoms in total. The van der Waals surface area contributed by atoms with Crippen molar-refractivity contribution in [3.8, 4) is 0 Å². The van der Waals surface area contributed by atoms with Crippen molar-refractivity contribution in [2.45, 2.75) is 26.7 Å². The van der Waals surface area contributed by atoms with Crippen LogP contribution in [0.25, 0.3) is 0 Å². The summed E-state index contributed by atoms with van der Waals surface area (Å²) < 4.78 is 0. The van der Waals surface area contributed by atoms with E-state index in [9.17, 15) is 4.79 Å². The van der Waals surface area contributed by atoms with Crippen molar-refractivity contribution >= 4 is 30.7 Å². The molecular weight excluding hydrogens is 297 g/mol. The van der Waals surface area contributed by atoms with Gasteiger partial charge in [-0.15, -0.1) is 24.8 Å². The smallest absolute Gasteiger partial charge is 0.270 e. The van der Waals surface area contributed by atoms with Gasteiger partial charge in [0.05, 0.1) is 0 Å². The molecular formula is C14H23Cl2N3O. The first-order valence-corrected chi connectivity index (χ1v) is 6.51. The molecule has 1 unspecified atom stereocenters. The Morgan fingerprint density at radius 2 is 2.25 bits per heavy atom. The van der Waals surface area contributed by atoms with Crippen LogP contribution >= 0.6 is 24.8 Å². The number of carbonyl (C=O) groups excluding carboxylic acids is 1. The number of amides is 1. The Kier molecular flexibility index (Phi) is 8.09. The number of piperidine rings is 1. The average molecular weight is 320 g/mol. The van der Waals surface area contributed by atoms with E-state index in [0.717, 1.165) is 25.1 Å². The first kappa shape index (κ1) is 19.2. The number of pyridine rings is 1. The van der Waals surface area contributed by atoms with Gasteiger partial charge in [-0.05, 0) is 43.4 Å². The minimum atomic E-state index is -0.0695. The first-order chi connectivity index (χ1) is 8.61. The molecule has 1 atom stereocenters. The van der Waals surface area contributed by atoms with Crippen LogP contribution in [0.3, 0.4) is 0 Å². The maximum absolute atomic E-state index is 12.1. The lowest BCUT2D eigenvalue weighted by molar-refractivity contribution is 0.0919. The number of hydrogen-bond acceptors (Lipinski definition) is 3. The summed E-state index contributed by atoms with van der Waals surface area (Å²) >= 11 is 0. The summed E-state index contributed by atoms with van der Waals surface area (Å²) in [6, 6.07) is 3.75. The molecule has 2 N–H and O–H groups in total. The van der Waals surface area contributed by atoms with E-state index in [0.29, 0.717) is 12.2 Å². The molecule has 2 rings (SSSR count). The lowest BCUT2D eigenvalue weighted by Gasteiger charge is -2.34. The highest BCUT2D eigenvalue weighted by atomic mass is 35.5. The molecule has 1 fully saturated rings. The molecule has 1 amide bonds. The highest BCUT2D eigenvalue weighted by Crippen LogP contribution is 2.24. The van der Waals surface area contributed by atoms with E-state index in [-0.39, 0.29) is 36.1 Å². The third kappa shape index (κ3) is 4.93. The third-order valence-electron chi connectivity index (χ3n) is 3.59. The van der Waals surface area contributed by atoms with Crippen LogP contribution in [0.15, 0.2) is 18.3 Å². The second kappa shape index (κ2) is 8.45. The summed E-state index contributed by atoms with van der Waals surface area (Å²) in [6.45, 7) is 6.88. The Bertz CT molecular complexity index is 434. The Hall–Kier alpha value is -0.840. The number of halogens is 2. The maximum Gasteiger partial charge on any atom is 0.270 e. The van der Waals surface area contributed by atoms with Gasteiger partial charge in [0.15, 0.2) is 0 Å². The van der Waals surface area contributed by atoms with E-state index in [1.807, 2.05) is 19.1 Å². The number of carbonyl (C=O) groups is 1. The minimum Gasteiger partial charge on any atom is -0.350 e. The van der Waals surface area contributed by atoms with Crippen LogP contribution in [-0.4, -0.2) is 30.5 Å². The average Bonchev–Trinajstić information content (AvgIpc) is 2.38. The Morgan fingerprint density at radius 3 is 2.85 bits per heavy atom. The molecule has 0 bridgehead atoms. The molecule has 1 aromatic heterocycles. The van der Waals surface area contributed by atoms with Crippen LogP contribution in [0, 0.1) is 12.3 Å². The molecule has 114 valence electrons. The van der Waals surface area contributed by atoms with Crippen molar-refractivity contribution in [3.63, 3.8) is 0 Å². The van der Waals surface area contributed by atoms with Gasteiger partial charge >= 0.3 is 0 Å². The first-order valence-electron chi connectivity index (χ1n) is 6.51. The summed E-state index contributed by atoms with van der Waals surface area (Å²) in [4.78, 5) is 16.2. The van der Waals surface area contributed by atoms with Crippen LogP contribution in [0.1, 0.15) is 35.8 Å². The fraction of sp³-hybridized carbons (Fsp3) is 0.571. The number of hydrogen-bond donors (Lipinski definition) is 2. The summed E-state index contributed by atoms with van der Waals surface area (Å²) in [7, 11) is 0. The second-order valence-corrected chi connectivity index (χ2v) is 5.44. The van der Waals surface area contributed by atoms with Crippen LogP contribution in [0.5, 0.6) is 0 Å². The zero-order valence-corrected chi connectivity index (χ0v) is 13.6. The molecule has 1 saturated heterocycles. The van der Waals surface area contributed by atoms with Gasteiger partial charge in [-0.1, -0.05) is 13.0 Å². The van der Waals surface area contributed by atoms with E-state index in [4.69, 9.17) is 0 Å². The Morgan fingerprint density at radius 1 is 1.50 bits per heavy atom. The van der Waals surface area contributed by atoms with Gasteiger partial charge in [0.25, 0.3) is 5.91 Å². The van der Waals surface area contributed by atoms with Crippen molar-refractivity contribution < 1.29 is 4.79 Å². The molecule has 1 aromatic rings. The zero-order chi connectivity index (χ0) is 13.0. The Labute approximate surface area is 132 Å². The minimum absolute atomic E-state index is 0. The topological polar surface area (TPSA) is 54.0 Å². The lowest BCUT2D eigenvalue weighted by atomic mass is 9.83. The van der Waals surface area contributed by atoms with Gasteiger partial charge in [0.2, 0.25) is 0 Å². The molecule has 0 aromatic carbocycles. The fourth-order valence-electron chi connectivity index (χ4n) is 2.37. The van der Waals surface area contributed by atoms with Gasteiger partial charge in [0, 0.05) is 19.3 Å². The summed E-state index contributed by atoms with van der Waals surface area (Å²) in [6.07, 6.45) is 3.99. The van der Waals surface area contributed by atoms with Crippen LogP contribution in [0.2, 0.25) is 0 Å². The largest absolute Gasteiger partial charge is 0.350 e. The van der Waals surface area contributed by atoms with Gasteiger partial charge in [0.1, 0.15) is 5.69 Å². The summed E-state index contributed by atoms with van der Waals surface area (Å²) in [5.74, 6) is -0.0695. The molecule has 0 aliphatic carbocycles. The summed E-state index contributed by atoms with van der Waals surface area (Å²) in [5.41, 5.74) is 1.61. The van der Waals surface area contributed by atoms with Gasteiger partial charge < -0.3 is 10.6 Å². The van der Waals surface area contributed by atoms with Crippen molar-refractivity contribution in [1.82, 2.24) is 15.6 Å². The molecule has 6 heteroatoms. The number of aromatic nitrogens is 1. The Balaban J connectivity index is 0.00000180. The highest BCUT2D eigenvalue weighted by Gasteiger charge is 2.27. The van der Waals surface area contributed by atoms with Crippen molar-refractivity contribution in [1.29, 1.82) is 0 Å². The van der Waals surface area contributed by atoms with Gasteiger partial charge in [-0.3, -0.25) is 9.78 Å². The normalized spacial score (nSPS) is 21.3. The number of rotatable bonds is 3. The summed E-state index contributed by atoms with van der Waals surface area (Å²) in [5, 5.41) is 6.39. The quantitative estimate of drug-likeness (QED) is 0.899. The molecule has 20 heavy (non-hydrogen) atoms. The van der Waals surface area contributed by atoms with Crippen molar-refractivity contribution in [2.75, 3.05) is 19.6 Å². The van der Waals surface area contributed by atoms with Crippen LogP contribution in [0.4, 0.5) is 0 Å². The second-order valence-electron chi connectivity index (χ2n) is 5.44. The van der Waals surface area contributed by atoms with E-state index in [1.54, 1.807) is 6.20 Å². The van der Waals surface area contributed by atoms with Crippen molar-refractivity contribution in [3.05, 3.63) is 29.6 Å². The molecule has 0 radical (unpaired) electrons. The van der Waals surface area contributed by atoms with Gasteiger partial charge in [-0.25, -0.2) is 0 Å². The SMILES string of the molecule is Cc1cccnc1C(=O)NCC1(C)CCCNC1.Cl.Cl. The van der Waals surface area contributed by atoms with E-state index in [1.165, 1.54) is 6.42 Å². The maximum atomic E-state index is 12.1. The van der Waals surface area contributed by atoms with Crippen LogP contribution < -0.4 is 10.6 Å². The third-order valence-corrected chi connectivity index (χ3v) is 3.59. The predicted molar refractivity (Wildman–Crippen MR) is 86.0 cm³/mol. The molecule has 2 heterocycles. The lowest BCUT2D eigenvalue weighted by Crippen LogP contribution is -2.45. The molecule has 0 spiro atoms. The van der Waals surface area contributed by atoms with E-state index >= 15 is 0 Å². The predicted octanol–water partition coefficient (Wildman–Crippen LogP) is 2.35. The van der Waals surface area contributed by atoms with Gasteiger partial charge in [-0.2, -0.15) is 0 Å². The molecule has 1 aliphatic rings. The number of nitrogens with zero attached hydrogens (tertiary/aromatic N) is 1. The standard InChI is InChI=1S/C14H21N3O.2ClH/c1-11-5-3-8-16-12(11)13(18)17-10-14(2)6-4-7-15-9-14;;/h3,5,8,15H,4,6-7,9-10H2,1-2H3,(H,17,18);2*1H. The molecule has 1 aliphatic heterocycles. The molecule has 0 saturated carbocycles. The number of nitrogens with one attached hydrogen (secondary N) is 2. The monoisotopic (exact) mass is 319 g/mol. The zero-order valence-electron chi connectivity index (χ0n) is 11.9. The van der Waals surface area contributed by atoms with E-state index in [2.05, 4.69) is 22.5 Å². The fourth-order valence-corrected chi connectivity index (χ4v) is 2.37. The van der Waals surface area contributed by atoms with E-state index < -0.39 is 0 Å². The highest BCUT2D eigenvalue weighted by molar-refractivity contribution is 5.93.